The van der Waals surface area contributed by atoms with E-state index >= 15 is 0 Å². The summed E-state index contributed by atoms with van der Waals surface area (Å²) in [5.74, 6) is -1.52. The number of unbranched alkanes of at least 4 members (excludes halogenated alkanes) is 2. The fourth-order valence-electron chi connectivity index (χ4n) is 6.51. The zero-order chi connectivity index (χ0) is 37.9. The van der Waals surface area contributed by atoms with Crippen molar-refractivity contribution in [2.75, 3.05) is 36.6 Å². The van der Waals surface area contributed by atoms with Gasteiger partial charge in [0.2, 0.25) is 5.91 Å². The van der Waals surface area contributed by atoms with Crippen LogP contribution in [-0.4, -0.2) is 63.5 Å². The van der Waals surface area contributed by atoms with Gasteiger partial charge in [-0.05, 0) is 63.6 Å². The van der Waals surface area contributed by atoms with Crippen molar-refractivity contribution < 1.29 is 32.3 Å². The van der Waals surface area contributed by atoms with E-state index in [0.717, 1.165) is 44.2 Å². The van der Waals surface area contributed by atoms with Gasteiger partial charge in [0.15, 0.2) is 16.4 Å². The van der Waals surface area contributed by atoms with Crippen molar-refractivity contribution in [3.8, 4) is 5.75 Å². The lowest BCUT2D eigenvalue weighted by atomic mass is 9.79. The smallest absolute Gasteiger partial charge is 0.325 e. The minimum absolute atomic E-state index is 0.0199. The number of benzene rings is 3. The summed E-state index contributed by atoms with van der Waals surface area (Å²) in [5, 5.41) is 5.27. The predicted molar refractivity (Wildman–Crippen MR) is 207 cm³/mol. The van der Waals surface area contributed by atoms with Crippen molar-refractivity contribution in [2.45, 2.75) is 94.6 Å². The highest BCUT2D eigenvalue weighted by molar-refractivity contribution is 7.98. The molecule has 52 heavy (non-hydrogen) atoms. The summed E-state index contributed by atoms with van der Waals surface area (Å²) in [4.78, 5) is 41.9. The molecule has 0 saturated heterocycles. The SMILES string of the molecule is CCCCC1(CCCC)CN(c2ccccc2)c2cc(SC)c(OCC(=O)NC(C(=O)NCC(=O)OC(C)(C)C)c3ccccc3)cc2S(=O)(=O)C1. The minimum Gasteiger partial charge on any atom is -0.483 e. The van der Waals surface area contributed by atoms with Crippen LogP contribution in [0.25, 0.3) is 0 Å². The number of thioether (sulfide) groups is 1. The van der Waals surface area contributed by atoms with Gasteiger partial charge < -0.3 is 25.0 Å². The van der Waals surface area contributed by atoms with Gasteiger partial charge in [0, 0.05) is 23.7 Å². The Hall–Kier alpha value is -4.03. The topological polar surface area (TPSA) is 131 Å². The van der Waals surface area contributed by atoms with Gasteiger partial charge >= 0.3 is 5.97 Å². The van der Waals surface area contributed by atoms with Crippen molar-refractivity contribution in [3.63, 3.8) is 0 Å². The number of carbonyl (C=O) groups is 3. The lowest BCUT2D eigenvalue weighted by Crippen LogP contribution is -2.44. The molecule has 282 valence electrons. The second kappa shape index (κ2) is 18.1. The summed E-state index contributed by atoms with van der Waals surface area (Å²) < 4.78 is 40.2. The van der Waals surface area contributed by atoms with E-state index < -0.39 is 51.3 Å². The maximum absolute atomic E-state index is 14.4. The number of sulfone groups is 1. The Morgan fingerprint density at radius 1 is 0.942 bits per heavy atom. The molecule has 0 aliphatic carbocycles. The van der Waals surface area contributed by atoms with Crippen LogP contribution in [0.4, 0.5) is 11.4 Å². The molecule has 4 rings (SSSR count). The summed E-state index contributed by atoms with van der Waals surface area (Å²) >= 11 is 1.39. The van der Waals surface area contributed by atoms with Crippen LogP contribution < -0.4 is 20.3 Å². The Morgan fingerprint density at radius 2 is 1.56 bits per heavy atom. The van der Waals surface area contributed by atoms with Crippen LogP contribution in [0.15, 0.2) is 82.6 Å². The van der Waals surface area contributed by atoms with Crippen LogP contribution >= 0.6 is 11.8 Å². The largest absolute Gasteiger partial charge is 0.483 e. The van der Waals surface area contributed by atoms with E-state index in [1.54, 1.807) is 57.2 Å². The van der Waals surface area contributed by atoms with Crippen molar-refractivity contribution in [1.82, 2.24) is 10.6 Å². The van der Waals surface area contributed by atoms with E-state index in [2.05, 4.69) is 29.4 Å². The summed E-state index contributed by atoms with van der Waals surface area (Å²) in [7, 11) is -3.79. The fraction of sp³-hybridized carbons (Fsp3) is 0.475. The van der Waals surface area contributed by atoms with Crippen molar-refractivity contribution in [3.05, 3.63) is 78.4 Å². The number of hydrogen-bond acceptors (Lipinski definition) is 9. The summed E-state index contributed by atoms with van der Waals surface area (Å²) in [5.41, 5.74) is 0.845. The number of fused-ring (bicyclic) bond motifs is 1. The van der Waals surface area contributed by atoms with Crippen LogP contribution in [0.1, 0.15) is 84.7 Å². The van der Waals surface area contributed by atoms with E-state index in [1.165, 1.54) is 11.8 Å². The molecule has 3 aromatic rings. The standard InChI is InChI=1S/C40H53N3O7S2/c1-7-9-21-40(22-10-8-2)27-43(30-19-15-12-16-20-30)31-23-33(51-6)32(24-34(31)52(47,48)28-40)49-26-35(44)42-37(29-17-13-11-14-18-29)38(46)41-25-36(45)50-39(3,4)5/h11-20,23-24,37H,7-10,21-22,25-28H2,1-6H3,(H,41,46)(H,42,44). The number of carbonyl (C=O) groups excluding carboxylic acids is 3. The summed E-state index contributed by atoms with van der Waals surface area (Å²) in [6.45, 7) is 9.17. The van der Waals surface area contributed by atoms with Gasteiger partial charge in [0.1, 0.15) is 23.9 Å². The van der Waals surface area contributed by atoms with E-state index in [0.29, 0.717) is 22.7 Å². The summed E-state index contributed by atoms with van der Waals surface area (Å²) in [6, 6.07) is 20.8. The number of nitrogens with zero attached hydrogens (tertiary/aromatic N) is 1. The van der Waals surface area contributed by atoms with Crippen LogP contribution in [0.5, 0.6) is 5.75 Å². The predicted octanol–water partition coefficient (Wildman–Crippen LogP) is 7.39. The van der Waals surface area contributed by atoms with Crippen molar-refractivity contribution >= 4 is 50.8 Å². The number of para-hydroxylation sites is 1. The van der Waals surface area contributed by atoms with Crippen molar-refractivity contribution in [1.29, 1.82) is 0 Å². The third-order valence-electron chi connectivity index (χ3n) is 8.94. The van der Waals surface area contributed by atoms with E-state index in [4.69, 9.17) is 9.47 Å². The van der Waals surface area contributed by atoms with E-state index in [-0.39, 0.29) is 22.9 Å². The molecule has 0 spiro atoms. The number of esters is 1. The first-order valence-corrected chi connectivity index (χ1v) is 20.8. The Labute approximate surface area is 313 Å². The van der Waals surface area contributed by atoms with Crippen LogP contribution in [0.3, 0.4) is 0 Å². The quantitative estimate of drug-likeness (QED) is 0.114. The molecule has 0 fully saturated rings. The zero-order valence-corrected chi connectivity index (χ0v) is 32.8. The number of ether oxygens (including phenoxy) is 2. The first-order chi connectivity index (χ1) is 24.7. The molecule has 2 amide bonds. The van der Waals surface area contributed by atoms with Gasteiger partial charge in [0.05, 0.1) is 21.2 Å². The van der Waals surface area contributed by atoms with Crippen LogP contribution in [0, 0.1) is 5.41 Å². The molecule has 0 saturated carbocycles. The van der Waals surface area contributed by atoms with Gasteiger partial charge in [-0.15, -0.1) is 11.8 Å². The highest BCUT2D eigenvalue weighted by Gasteiger charge is 2.42. The Morgan fingerprint density at radius 3 is 2.13 bits per heavy atom. The summed E-state index contributed by atoms with van der Waals surface area (Å²) in [6.07, 6.45) is 7.28. The molecule has 2 N–H and O–H groups in total. The lowest BCUT2D eigenvalue weighted by Gasteiger charge is -2.37. The molecule has 1 unspecified atom stereocenters. The molecule has 12 heteroatoms. The van der Waals surface area contributed by atoms with Gasteiger partial charge in [-0.3, -0.25) is 14.4 Å². The Bertz CT molecular complexity index is 1770. The molecule has 10 nitrogen and oxygen atoms in total. The molecule has 0 bridgehead atoms. The van der Waals surface area contributed by atoms with E-state index in [1.807, 2.05) is 42.7 Å². The van der Waals surface area contributed by atoms with Crippen LogP contribution in [-0.2, 0) is 29.0 Å². The molecular weight excluding hydrogens is 699 g/mol. The lowest BCUT2D eigenvalue weighted by molar-refractivity contribution is -0.154. The minimum atomic E-state index is -3.79. The van der Waals surface area contributed by atoms with E-state index in [9.17, 15) is 22.8 Å². The van der Waals surface area contributed by atoms with Gasteiger partial charge in [-0.1, -0.05) is 88.1 Å². The molecule has 1 atom stereocenters. The Kier molecular flexibility index (Phi) is 14.2. The maximum atomic E-state index is 14.4. The third kappa shape index (κ3) is 11.0. The molecule has 1 aliphatic heterocycles. The zero-order valence-electron chi connectivity index (χ0n) is 31.2. The van der Waals surface area contributed by atoms with Gasteiger partial charge in [-0.2, -0.15) is 0 Å². The second-order valence-corrected chi connectivity index (χ2v) is 17.2. The third-order valence-corrected chi connectivity index (χ3v) is 11.7. The molecule has 3 aromatic carbocycles. The number of amides is 2. The Balaban J connectivity index is 1.63. The molecule has 1 heterocycles. The average Bonchev–Trinajstić information content (AvgIpc) is 3.21. The molecule has 0 radical (unpaired) electrons. The number of anilines is 2. The second-order valence-electron chi connectivity index (χ2n) is 14.4. The maximum Gasteiger partial charge on any atom is 0.325 e. The number of nitrogens with one attached hydrogen (secondary N) is 2. The molecular formula is C40H53N3O7S2. The first kappa shape index (κ1) is 40.7. The monoisotopic (exact) mass is 751 g/mol. The number of rotatable bonds is 16. The molecule has 1 aliphatic rings. The number of hydrogen-bond donors (Lipinski definition) is 2. The van der Waals surface area contributed by atoms with Crippen molar-refractivity contribution in [2.24, 2.45) is 5.41 Å². The average molecular weight is 752 g/mol. The molecule has 0 aromatic heterocycles. The fourth-order valence-corrected chi connectivity index (χ4v) is 9.17. The normalized spacial score (nSPS) is 15.5. The van der Waals surface area contributed by atoms with Gasteiger partial charge in [0.25, 0.3) is 5.91 Å². The first-order valence-electron chi connectivity index (χ1n) is 17.9. The highest BCUT2D eigenvalue weighted by atomic mass is 32.2. The van der Waals surface area contributed by atoms with Gasteiger partial charge in [-0.25, -0.2) is 8.42 Å². The van der Waals surface area contributed by atoms with Crippen LogP contribution in [0.2, 0.25) is 0 Å². The highest BCUT2D eigenvalue weighted by Crippen LogP contribution is 2.47.